The standard InChI is InChI=1S/C23H24N2O5S/c1-4-15-8-6-7-9-16(15)24-23-25-21(26)20(31-23)13-14-10-11-18(19(12-14)29-3)30-17(5-2)22(27)28/h6-13,17H,4-5H2,1-3H3,(H,27,28)(H,24,25,26)/b20-13+. The Kier molecular flexibility index (Phi) is 7.36. The first-order valence-electron chi connectivity index (χ1n) is 9.90. The number of carboxylic acids is 1. The van der Waals surface area contributed by atoms with E-state index >= 15 is 0 Å². The molecule has 162 valence electrons. The third kappa shape index (κ3) is 5.46. The van der Waals surface area contributed by atoms with Crippen LogP contribution >= 0.6 is 11.8 Å². The maximum absolute atomic E-state index is 12.4. The zero-order valence-electron chi connectivity index (χ0n) is 17.5. The molecule has 2 aromatic rings. The number of nitrogens with one attached hydrogen (secondary N) is 1. The van der Waals surface area contributed by atoms with Crippen molar-refractivity contribution < 1.29 is 24.2 Å². The number of aryl methyl sites for hydroxylation is 1. The van der Waals surface area contributed by atoms with Gasteiger partial charge in [-0.15, -0.1) is 0 Å². The molecule has 7 nitrogen and oxygen atoms in total. The minimum absolute atomic E-state index is 0.228. The van der Waals surface area contributed by atoms with E-state index in [1.807, 2.05) is 24.3 Å². The zero-order valence-corrected chi connectivity index (χ0v) is 18.4. The molecule has 1 saturated heterocycles. The van der Waals surface area contributed by atoms with Crippen molar-refractivity contribution in [1.82, 2.24) is 5.32 Å². The minimum Gasteiger partial charge on any atom is -0.493 e. The molecule has 1 unspecified atom stereocenters. The van der Waals surface area contributed by atoms with Crippen molar-refractivity contribution in [2.75, 3.05) is 7.11 Å². The van der Waals surface area contributed by atoms with E-state index in [1.54, 1.807) is 31.2 Å². The number of hydrogen-bond donors (Lipinski definition) is 2. The second-order valence-electron chi connectivity index (χ2n) is 6.73. The molecule has 1 atom stereocenters. The van der Waals surface area contributed by atoms with Gasteiger partial charge in [0.1, 0.15) is 0 Å². The fourth-order valence-corrected chi connectivity index (χ4v) is 3.83. The van der Waals surface area contributed by atoms with Crippen LogP contribution in [0.1, 0.15) is 31.4 Å². The lowest BCUT2D eigenvalue weighted by atomic mass is 10.1. The van der Waals surface area contributed by atoms with Gasteiger partial charge in [0, 0.05) is 0 Å². The van der Waals surface area contributed by atoms with Crippen molar-refractivity contribution in [3.63, 3.8) is 0 Å². The predicted octanol–water partition coefficient (Wildman–Crippen LogP) is 4.39. The SMILES string of the molecule is CCc1ccccc1N=C1NC(=O)/C(=C\c2ccc(OC(CC)C(=O)O)c(OC)c2)S1. The molecule has 0 radical (unpaired) electrons. The van der Waals surface area contributed by atoms with Crippen LogP contribution in [0.5, 0.6) is 11.5 Å². The van der Waals surface area contributed by atoms with Crippen LogP contribution in [-0.2, 0) is 16.0 Å². The molecule has 1 aliphatic heterocycles. The largest absolute Gasteiger partial charge is 0.493 e. The summed E-state index contributed by atoms with van der Waals surface area (Å²) in [5.74, 6) is -0.538. The summed E-state index contributed by atoms with van der Waals surface area (Å²) in [5, 5.41) is 12.5. The molecule has 1 heterocycles. The maximum atomic E-state index is 12.4. The number of ether oxygens (including phenoxy) is 2. The van der Waals surface area contributed by atoms with Gasteiger partial charge in [-0.05, 0) is 60.0 Å². The van der Waals surface area contributed by atoms with Crippen molar-refractivity contribution in [3.05, 3.63) is 58.5 Å². The summed E-state index contributed by atoms with van der Waals surface area (Å²) in [6.07, 6.45) is 1.95. The molecule has 2 aromatic carbocycles. The maximum Gasteiger partial charge on any atom is 0.344 e. The second kappa shape index (κ2) is 10.2. The Morgan fingerprint density at radius 3 is 2.68 bits per heavy atom. The first kappa shape index (κ1) is 22.4. The third-order valence-corrected chi connectivity index (χ3v) is 5.56. The monoisotopic (exact) mass is 440 g/mol. The number of methoxy groups -OCH3 is 1. The van der Waals surface area contributed by atoms with E-state index in [2.05, 4.69) is 17.2 Å². The lowest BCUT2D eigenvalue weighted by molar-refractivity contribution is -0.145. The van der Waals surface area contributed by atoms with Crippen LogP contribution in [0.2, 0.25) is 0 Å². The summed E-state index contributed by atoms with van der Waals surface area (Å²) >= 11 is 1.26. The Morgan fingerprint density at radius 1 is 1.23 bits per heavy atom. The van der Waals surface area contributed by atoms with Gasteiger partial charge in [0.2, 0.25) is 0 Å². The van der Waals surface area contributed by atoms with Crippen molar-refractivity contribution in [1.29, 1.82) is 0 Å². The number of benzene rings is 2. The number of nitrogens with zero attached hydrogens (tertiary/aromatic N) is 1. The van der Waals surface area contributed by atoms with E-state index < -0.39 is 12.1 Å². The molecule has 0 bridgehead atoms. The lowest BCUT2D eigenvalue weighted by Gasteiger charge is -2.16. The van der Waals surface area contributed by atoms with Crippen LogP contribution < -0.4 is 14.8 Å². The van der Waals surface area contributed by atoms with E-state index in [0.29, 0.717) is 28.0 Å². The van der Waals surface area contributed by atoms with Gasteiger partial charge in [-0.2, -0.15) is 0 Å². The molecule has 1 aliphatic rings. The fraction of sp³-hybridized carbons (Fsp3) is 0.261. The van der Waals surface area contributed by atoms with Gasteiger partial charge in [-0.25, -0.2) is 9.79 Å². The Hall–Kier alpha value is -3.26. The van der Waals surface area contributed by atoms with E-state index in [9.17, 15) is 14.7 Å². The smallest absolute Gasteiger partial charge is 0.344 e. The van der Waals surface area contributed by atoms with E-state index in [-0.39, 0.29) is 5.91 Å². The van der Waals surface area contributed by atoms with Crippen molar-refractivity contribution in [3.8, 4) is 11.5 Å². The number of para-hydroxylation sites is 1. The molecule has 2 N–H and O–H groups in total. The average molecular weight is 441 g/mol. The van der Waals surface area contributed by atoms with Gasteiger partial charge in [0.15, 0.2) is 22.8 Å². The number of carbonyl (C=O) groups is 2. The van der Waals surface area contributed by atoms with Gasteiger partial charge < -0.3 is 19.9 Å². The number of rotatable bonds is 8. The minimum atomic E-state index is -1.04. The van der Waals surface area contributed by atoms with Crippen LogP contribution in [-0.4, -0.2) is 35.4 Å². The Balaban J connectivity index is 1.82. The molecule has 3 rings (SSSR count). The van der Waals surface area contributed by atoms with Crippen molar-refractivity contribution >= 4 is 40.6 Å². The Morgan fingerprint density at radius 2 is 2.00 bits per heavy atom. The molecule has 0 spiro atoms. The Bertz CT molecular complexity index is 1050. The quantitative estimate of drug-likeness (QED) is 0.591. The number of aliphatic carboxylic acids is 1. The number of amides is 1. The van der Waals surface area contributed by atoms with Crippen molar-refractivity contribution in [2.24, 2.45) is 4.99 Å². The van der Waals surface area contributed by atoms with Crippen LogP contribution in [0, 0.1) is 0 Å². The molecular weight excluding hydrogens is 416 g/mol. The topological polar surface area (TPSA) is 97.2 Å². The summed E-state index contributed by atoms with van der Waals surface area (Å²) in [4.78, 5) is 28.7. The van der Waals surface area contributed by atoms with Crippen LogP contribution in [0.4, 0.5) is 5.69 Å². The number of carbonyl (C=O) groups excluding carboxylic acids is 1. The van der Waals surface area contributed by atoms with E-state index in [1.165, 1.54) is 18.9 Å². The molecule has 0 aliphatic carbocycles. The highest BCUT2D eigenvalue weighted by Gasteiger charge is 2.24. The van der Waals surface area contributed by atoms with Crippen LogP contribution in [0.15, 0.2) is 52.4 Å². The Labute approximate surface area is 185 Å². The van der Waals surface area contributed by atoms with E-state index in [0.717, 1.165) is 23.2 Å². The van der Waals surface area contributed by atoms with Gasteiger partial charge in [-0.3, -0.25) is 4.79 Å². The molecular formula is C23H24N2O5S. The predicted molar refractivity (Wildman–Crippen MR) is 122 cm³/mol. The second-order valence-corrected chi connectivity index (χ2v) is 7.76. The highest BCUT2D eigenvalue weighted by Crippen LogP contribution is 2.33. The van der Waals surface area contributed by atoms with Gasteiger partial charge in [0.25, 0.3) is 5.91 Å². The molecule has 31 heavy (non-hydrogen) atoms. The summed E-state index contributed by atoms with van der Waals surface area (Å²) in [5.41, 5.74) is 2.66. The first-order valence-corrected chi connectivity index (χ1v) is 10.7. The fourth-order valence-electron chi connectivity index (χ4n) is 2.99. The summed E-state index contributed by atoms with van der Waals surface area (Å²) in [6.45, 7) is 3.79. The number of amidine groups is 1. The lowest BCUT2D eigenvalue weighted by Crippen LogP contribution is -2.26. The normalized spacial score (nSPS) is 16.9. The number of hydrogen-bond acceptors (Lipinski definition) is 6. The molecule has 1 amide bonds. The summed E-state index contributed by atoms with van der Waals surface area (Å²) in [6, 6.07) is 12.9. The third-order valence-electron chi connectivity index (χ3n) is 4.65. The van der Waals surface area contributed by atoms with Crippen LogP contribution in [0.25, 0.3) is 6.08 Å². The number of carboxylic acid groups (broad SMARTS) is 1. The van der Waals surface area contributed by atoms with Gasteiger partial charge in [-0.1, -0.05) is 38.1 Å². The zero-order chi connectivity index (χ0) is 22.4. The molecule has 0 saturated carbocycles. The van der Waals surface area contributed by atoms with Crippen LogP contribution in [0.3, 0.4) is 0 Å². The average Bonchev–Trinajstić information content (AvgIpc) is 3.11. The summed E-state index contributed by atoms with van der Waals surface area (Å²) in [7, 11) is 1.48. The molecule has 0 aromatic heterocycles. The van der Waals surface area contributed by atoms with Crippen molar-refractivity contribution in [2.45, 2.75) is 32.8 Å². The number of thioether (sulfide) groups is 1. The van der Waals surface area contributed by atoms with Gasteiger partial charge >= 0.3 is 5.97 Å². The first-order chi connectivity index (χ1) is 14.9. The van der Waals surface area contributed by atoms with E-state index in [4.69, 9.17) is 9.47 Å². The highest BCUT2D eigenvalue weighted by molar-refractivity contribution is 8.18. The van der Waals surface area contributed by atoms with Gasteiger partial charge in [0.05, 0.1) is 17.7 Å². The highest BCUT2D eigenvalue weighted by atomic mass is 32.2. The summed E-state index contributed by atoms with van der Waals surface area (Å²) < 4.78 is 10.9. The number of aliphatic imine (C=N–C) groups is 1. The molecule has 8 heteroatoms. The molecule has 1 fully saturated rings.